The molecule has 3 N–H and O–H groups in total. The molecule has 0 atom stereocenters. The van der Waals surface area contributed by atoms with Gasteiger partial charge in [0.1, 0.15) is 29.5 Å². The molecule has 0 spiro atoms. The summed E-state index contributed by atoms with van der Waals surface area (Å²) in [4.78, 5) is 25.8. The number of hydrogen-bond acceptors (Lipinski definition) is 7. The van der Waals surface area contributed by atoms with Crippen LogP contribution in [-0.4, -0.2) is 27.4 Å². The predicted molar refractivity (Wildman–Crippen MR) is 145 cm³/mol. The Hall–Kier alpha value is -4.64. The Labute approximate surface area is 232 Å². The highest BCUT2D eigenvalue weighted by Crippen LogP contribution is 2.36. The molecule has 2 aromatic carbocycles. The maximum absolute atomic E-state index is 13.0. The zero-order chi connectivity index (χ0) is 28.1. The van der Waals surface area contributed by atoms with Crippen molar-refractivity contribution in [1.29, 1.82) is 0 Å². The van der Waals surface area contributed by atoms with Gasteiger partial charge in [-0.05, 0) is 61.0 Å². The molecule has 40 heavy (non-hydrogen) atoms. The number of fused-ring (bicyclic) bond motifs is 1. The average Bonchev–Trinajstić information content (AvgIpc) is 3.17. The fraction of sp³-hybridized carbons (Fsp3) is 0.143. The number of carbonyl (C=O) groups excluding carboxylic acids is 1. The Morgan fingerprint density at radius 2 is 1.93 bits per heavy atom. The van der Waals surface area contributed by atoms with Crippen LogP contribution in [0.5, 0.6) is 11.5 Å². The van der Waals surface area contributed by atoms with Gasteiger partial charge < -0.3 is 20.7 Å². The van der Waals surface area contributed by atoms with Crippen molar-refractivity contribution in [2.45, 2.75) is 19.1 Å². The lowest BCUT2D eigenvalue weighted by atomic mass is 10.1. The van der Waals surface area contributed by atoms with Gasteiger partial charge >= 0.3 is 6.18 Å². The van der Waals surface area contributed by atoms with Gasteiger partial charge in [0.2, 0.25) is 5.91 Å². The molecule has 1 aliphatic rings. The number of hydrogen-bond donors (Lipinski definition) is 3. The molecule has 1 aliphatic heterocycles. The topological polar surface area (TPSA) is 101 Å². The van der Waals surface area contributed by atoms with Gasteiger partial charge in [0.05, 0.1) is 28.4 Å². The van der Waals surface area contributed by atoms with Crippen molar-refractivity contribution < 1.29 is 22.7 Å². The van der Waals surface area contributed by atoms with E-state index < -0.39 is 11.7 Å². The minimum Gasteiger partial charge on any atom is -0.456 e. The Morgan fingerprint density at radius 1 is 1.05 bits per heavy atom. The van der Waals surface area contributed by atoms with Gasteiger partial charge in [0.25, 0.3) is 0 Å². The van der Waals surface area contributed by atoms with Crippen LogP contribution in [0.4, 0.5) is 30.5 Å². The first-order valence-electron chi connectivity index (χ1n) is 12.2. The Morgan fingerprint density at radius 3 is 2.70 bits per heavy atom. The van der Waals surface area contributed by atoms with E-state index in [0.29, 0.717) is 48.0 Å². The molecule has 0 saturated heterocycles. The number of anilines is 3. The van der Waals surface area contributed by atoms with E-state index in [0.717, 1.165) is 17.8 Å². The molecule has 5 rings (SSSR count). The van der Waals surface area contributed by atoms with Crippen LogP contribution in [0.2, 0.25) is 5.02 Å². The molecule has 0 unspecified atom stereocenters. The molecule has 2 aromatic heterocycles. The second-order valence-corrected chi connectivity index (χ2v) is 9.14. The van der Waals surface area contributed by atoms with E-state index in [2.05, 4.69) is 30.9 Å². The zero-order valence-electron chi connectivity index (χ0n) is 20.8. The fourth-order valence-electron chi connectivity index (χ4n) is 3.96. The van der Waals surface area contributed by atoms with Crippen molar-refractivity contribution in [2.24, 2.45) is 0 Å². The molecule has 12 heteroatoms. The molecular formula is C28H22ClF3N6O2. The maximum atomic E-state index is 13.0. The van der Waals surface area contributed by atoms with Crippen molar-refractivity contribution >= 4 is 40.9 Å². The van der Waals surface area contributed by atoms with Crippen LogP contribution in [0.15, 0.2) is 78.8 Å². The molecule has 0 bridgehead atoms. The molecular weight excluding hydrogens is 545 g/mol. The van der Waals surface area contributed by atoms with E-state index >= 15 is 0 Å². The summed E-state index contributed by atoms with van der Waals surface area (Å²) in [6.45, 7) is 0.792. The number of alkyl halides is 3. The number of amides is 1. The lowest BCUT2D eigenvalue weighted by molar-refractivity contribution is -0.137. The van der Waals surface area contributed by atoms with Gasteiger partial charge in [-0.15, -0.1) is 0 Å². The number of carbonyl (C=O) groups is 1. The molecule has 4 aromatic rings. The summed E-state index contributed by atoms with van der Waals surface area (Å²) in [6, 6.07) is 14.8. The monoisotopic (exact) mass is 566 g/mol. The standard InChI is InChI=1S/C28H22ClF3N6O2/c29-23-14-19(7-8-24(23)40-21-6-3-4-18(13-21)28(30,31)32)38-26-22-12-17(9-11-34-25(22)36-16-37-26)27(39)35-15-20-5-1-2-10-33-20/h1-8,10,12-14,16H,9,11,15H2,(H,35,39)(H2,34,36,37,38). The number of nitrogens with one attached hydrogen (secondary N) is 3. The number of halogens is 4. The number of rotatable bonds is 7. The molecule has 204 valence electrons. The highest BCUT2D eigenvalue weighted by molar-refractivity contribution is 6.32. The van der Waals surface area contributed by atoms with E-state index in [4.69, 9.17) is 16.3 Å². The maximum Gasteiger partial charge on any atom is 0.416 e. The Balaban J connectivity index is 1.34. The summed E-state index contributed by atoms with van der Waals surface area (Å²) in [5.41, 5.74) is 1.59. The minimum absolute atomic E-state index is 0.00335. The van der Waals surface area contributed by atoms with Gasteiger partial charge in [-0.1, -0.05) is 23.7 Å². The van der Waals surface area contributed by atoms with Gasteiger partial charge in [-0.25, -0.2) is 9.97 Å². The molecule has 1 amide bonds. The van der Waals surface area contributed by atoms with Crippen LogP contribution in [0.3, 0.4) is 0 Å². The van der Waals surface area contributed by atoms with E-state index in [-0.39, 0.29) is 22.4 Å². The third-order valence-corrected chi connectivity index (χ3v) is 6.22. The average molecular weight is 567 g/mol. The van der Waals surface area contributed by atoms with Crippen molar-refractivity contribution in [3.05, 3.63) is 101 Å². The number of nitrogens with zero attached hydrogens (tertiary/aromatic N) is 3. The number of pyridine rings is 1. The molecule has 0 fully saturated rings. The van der Waals surface area contributed by atoms with Crippen LogP contribution < -0.4 is 20.7 Å². The van der Waals surface area contributed by atoms with Gasteiger partial charge in [0.15, 0.2) is 0 Å². The van der Waals surface area contributed by atoms with Crippen LogP contribution >= 0.6 is 11.6 Å². The summed E-state index contributed by atoms with van der Waals surface area (Å²) < 4.78 is 44.7. The van der Waals surface area contributed by atoms with Crippen molar-refractivity contribution in [3.63, 3.8) is 0 Å². The van der Waals surface area contributed by atoms with Crippen LogP contribution in [0.1, 0.15) is 23.2 Å². The normalized spacial score (nSPS) is 12.8. The first kappa shape index (κ1) is 26.9. The van der Waals surface area contributed by atoms with Gasteiger partial charge in [-0.2, -0.15) is 13.2 Å². The second kappa shape index (κ2) is 11.6. The van der Waals surface area contributed by atoms with Gasteiger partial charge in [0, 0.05) is 24.0 Å². The summed E-state index contributed by atoms with van der Waals surface area (Å²) in [6.07, 6.45) is 0.768. The molecule has 3 heterocycles. The first-order chi connectivity index (χ1) is 19.3. The van der Waals surface area contributed by atoms with E-state index in [1.807, 2.05) is 12.1 Å². The van der Waals surface area contributed by atoms with E-state index in [9.17, 15) is 18.0 Å². The molecule has 8 nitrogen and oxygen atoms in total. The third-order valence-electron chi connectivity index (χ3n) is 5.92. The summed E-state index contributed by atoms with van der Waals surface area (Å²) in [5.74, 6) is 0.942. The largest absolute Gasteiger partial charge is 0.456 e. The summed E-state index contributed by atoms with van der Waals surface area (Å²) >= 11 is 6.39. The highest BCUT2D eigenvalue weighted by atomic mass is 35.5. The van der Waals surface area contributed by atoms with Crippen LogP contribution in [0.25, 0.3) is 6.08 Å². The van der Waals surface area contributed by atoms with E-state index in [1.165, 1.54) is 24.5 Å². The highest BCUT2D eigenvalue weighted by Gasteiger charge is 2.30. The smallest absolute Gasteiger partial charge is 0.416 e. The van der Waals surface area contributed by atoms with Gasteiger partial charge in [-0.3, -0.25) is 9.78 Å². The van der Waals surface area contributed by atoms with Crippen LogP contribution in [0, 0.1) is 0 Å². The summed E-state index contributed by atoms with van der Waals surface area (Å²) in [7, 11) is 0. The van der Waals surface area contributed by atoms with E-state index in [1.54, 1.807) is 30.5 Å². The van der Waals surface area contributed by atoms with Crippen LogP contribution in [-0.2, 0) is 17.5 Å². The Kier molecular flexibility index (Phi) is 7.83. The minimum atomic E-state index is -4.49. The molecule has 0 saturated carbocycles. The molecule has 0 radical (unpaired) electrons. The number of benzene rings is 2. The number of ether oxygens (including phenoxy) is 1. The lowest BCUT2D eigenvalue weighted by Gasteiger charge is -2.14. The lowest BCUT2D eigenvalue weighted by Crippen LogP contribution is -2.25. The van der Waals surface area contributed by atoms with Crippen molar-refractivity contribution in [1.82, 2.24) is 20.3 Å². The van der Waals surface area contributed by atoms with Crippen molar-refractivity contribution in [2.75, 3.05) is 17.2 Å². The quantitative estimate of drug-likeness (QED) is 0.232. The SMILES string of the molecule is O=C(NCc1ccccn1)C1=Cc2c(ncnc2Nc2ccc(Oc3cccc(C(F)(F)F)c3)c(Cl)c2)NCC1. The second-order valence-electron chi connectivity index (χ2n) is 8.73. The first-order valence-corrected chi connectivity index (χ1v) is 12.5. The zero-order valence-corrected chi connectivity index (χ0v) is 21.6. The van der Waals surface area contributed by atoms with Crippen molar-refractivity contribution in [3.8, 4) is 11.5 Å². The number of aromatic nitrogens is 3. The third kappa shape index (κ3) is 6.49. The summed E-state index contributed by atoms with van der Waals surface area (Å²) in [5, 5.41) is 9.44. The predicted octanol–water partition coefficient (Wildman–Crippen LogP) is 6.60. The fourth-order valence-corrected chi connectivity index (χ4v) is 4.18. The molecule has 0 aliphatic carbocycles. The Bertz CT molecular complexity index is 1560.